The van der Waals surface area contributed by atoms with E-state index in [2.05, 4.69) is 9.97 Å². The molecule has 1 heterocycles. The van der Waals surface area contributed by atoms with Crippen LogP contribution in [0.1, 0.15) is 29.9 Å². The Labute approximate surface area is 154 Å². The van der Waals surface area contributed by atoms with Crippen LogP contribution in [0.3, 0.4) is 0 Å². The fourth-order valence-corrected chi connectivity index (χ4v) is 2.67. The summed E-state index contributed by atoms with van der Waals surface area (Å²) in [5, 5.41) is 22.3. The van der Waals surface area contributed by atoms with Crippen molar-refractivity contribution < 1.29 is 14.6 Å². The van der Waals surface area contributed by atoms with Gasteiger partial charge in [-0.1, -0.05) is 0 Å². The molecule has 11 heteroatoms. The van der Waals surface area contributed by atoms with Crippen LogP contribution in [-0.4, -0.2) is 43.7 Å². The summed E-state index contributed by atoms with van der Waals surface area (Å²) in [6.07, 6.45) is 0. The van der Waals surface area contributed by atoms with Crippen LogP contribution in [0, 0.1) is 27.2 Å². The van der Waals surface area contributed by atoms with Crippen molar-refractivity contribution in [2.45, 2.75) is 20.8 Å². The number of nitrogens with two attached hydrogens (primary N) is 1. The van der Waals surface area contributed by atoms with Gasteiger partial charge in [-0.25, -0.2) is 9.97 Å². The lowest BCUT2D eigenvalue weighted by molar-refractivity contribution is -0.394. The molecule has 0 aliphatic carbocycles. The number of aryl methyl sites for hydroxylation is 1. The molecule has 2 rings (SSSR count). The lowest BCUT2D eigenvalue weighted by Crippen LogP contribution is -2.32. The molecule has 142 valence electrons. The first-order chi connectivity index (χ1) is 12.7. The SMILES string of the molecule is CCN(CC)C(=O)c1c(C)nc(N)nc1-c1cc([N+](=O)[O-])cc([N+](=O)[O-])c1. The molecule has 0 saturated carbocycles. The van der Waals surface area contributed by atoms with Crippen molar-refractivity contribution in [2.24, 2.45) is 0 Å². The number of hydrogen-bond donors (Lipinski definition) is 1. The molecule has 0 saturated heterocycles. The maximum Gasteiger partial charge on any atom is 0.276 e. The number of aromatic nitrogens is 2. The van der Waals surface area contributed by atoms with Crippen molar-refractivity contribution in [1.29, 1.82) is 0 Å². The summed E-state index contributed by atoms with van der Waals surface area (Å²) in [5.41, 5.74) is 5.15. The smallest absolute Gasteiger partial charge is 0.276 e. The first-order valence-electron chi connectivity index (χ1n) is 8.07. The van der Waals surface area contributed by atoms with Crippen molar-refractivity contribution in [3.05, 3.63) is 49.7 Å². The second kappa shape index (κ2) is 7.72. The highest BCUT2D eigenvalue weighted by atomic mass is 16.6. The van der Waals surface area contributed by atoms with E-state index in [0.29, 0.717) is 13.1 Å². The maximum atomic E-state index is 12.9. The predicted octanol–water partition coefficient (Wildman–Crippen LogP) is 2.33. The van der Waals surface area contributed by atoms with Crippen molar-refractivity contribution >= 4 is 23.2 Å². The zero-order valence-electron chi connectivity index (χ0n) is 15.0. The number of nitrogen functional groups attached to an aromatic ring is 1. The third-order valence-electron chi connectivity index (χ3n) is 3.97. The van der Waals surface area contributed by atoms with Crippen LogP contribution in [-0.2, 0) is 0 Å². The highest BCUT2D eigenvalue weighted by Crippen LogP contribution is 2.32. The molecule has 0 aliphatic rings. The largest absolute Gasteiger partial charge is 0.368 e. The van der Waals surface area contributed by atoms with E-state index in [0.717, 1.165) is 18.2 Å². The van der Waals surface area contributed by atoms with Crippen LogP contribution in [0.2, 0.25) is 0 Å². The third-order valence-corrected chi connectivity index (χ3v) is 3.97. The Hall–Kier alpha value is -3.63. The van der Waals surface area contributed by atoms with Gasteiger partial charge in [0, 0.05) is 30.8 Å². The van der Waals surface area contributed by atoms with E-state index in [4.69, 9.17) is 5.73 Å². The average Bonchev–Trinajstić information content (AvgIpc) is 2.61. The lowest BCUT2D eigenvalue weighted by Gasteiger charge is -2.21. The molecule has 27 heavy (non-hydrogen) atoms. The maximum absolute atomic E-state index is 12.9. The number of hydrogen-bond acceptors (Lipinski definition) is 8. The van der Waals surface area contributed by atoms with Gasteiger partial charge in [-0.15, -0.1) is 0 Å². The van der Waals surface area contributed by atoms with E-state index >= 15 is 0 Å². The third kappa shape index (κ3) is 3.97. The summed E-state index contributed by atoms with van der Waals surface area (Å²) in [6.45, 7) is 6.00. The molecular formula is C16H18N6O5. The topological polar surface area (TPSA) is 158 Å². The summed E-state index contributed by atoms with van der Waals surface area (Å²) in [7, 11) is 0. The molecule has 2 aromatic rings. The number of benzene rings is 1. The summed E-state index contributed by atoms with van der Waals surface area (Å²) in [5.74, 6) is -0.533. The van der Waals surface area contributed by atoms with Crippen LogP contribution in [0.25, 0.3) is 11.3 Å². The van der Waals surface area contributed by atoms with Crippen molar-refractivity contribution in [2.75, 3.05) is 18.8 Å². The summed E-state index contributed by atoms with van der Waals surface area (Å²) in [4.78, 5) is 43.3. The highest BCUT2D eigenvalue weighted by Gasteiger charge is 2.26. The highest BCUT2D eigenvalue weighted by molar-refractivity contribution is 6.01. The number of nitrogens with zero attached hydrogens (tertiary/aromatic N) is 5. The van der Waals surface area contributed by atoms with Gasteiger partial charge in [0.05, 0.1) is 32.9 Å². The van der Waals surface area contributed by atoms with Gasteiger partial charge in [-0.2, -0.15) is 0 Å². The number of amides is 1. The average molecular weight is 374 g/mol. The van der Waals surface area contributed by atoms with Gasteiger partial charge in [0.1, 0.15) is 0 Å². The molecular weight excluding hydrogens is 356 g/mol. The van der Waals surface area contributed by atoms with E-state index in [1.165, 1.54) is 4.90 Å². The Morgan fingerprint density at radius 3 is 2.04 bits per heavy atom. The van der Waals surface area contributed by atoms with Crippen molar-refractivity contribution in [1.82, 2.24) is 14.9 Å². The quantitative estimate of drug-likeness (QED) is 0.595. The normalized spacial score (nSPS) is 10.5. The zero-order valence-corrected chi connectivity index (χ0v) is 15.0. The van der Waals surface area contributed by atoms with Gasteiger partial charge in [-0.05, 0) is 20.8 Å². The van der Waals surface area contributed by atoms with Gasteiger partial charge in [0.25, 0.3) is 17.3 Å². The summed E-state index contributed by atoms with van der Waals surface area (Å²) in [6, 6.07) is 3.08. The van der Waals surface area contributed by atoms with Gasteiger partial charge in [0.15, 0.2) is 0 Å². The molecule has 1 aromatic carbocycles. The first kappa shape index (κ1) is 19.7. The molecule has 1 aromatic heterocycles. The van der Waals surface area contributed by atoms with Crippen LogP contribution < -0.4 is 5.73 Å². The Morgan fingerprint density at radius 2 is 1.59 bits per heavy atom. The number of anilines is 1. The Bertz CT molecular complexity index is 894. The number of carbonyl (C=O) groups is 1. The number of rotatable bonds is 6. The predicted molar refractivity (Wildman–Crippen MR) is 97.2 cm³/mol. The van der Waals surface area contributed by atoms with Gasteiger partial charge >= 0.3 is 0 Å². The molecule has 2 N–H and O–H groups in total. The number of nitro benzene ring substituents is 2. The Kier molecular flexibility index (Phi) is 5.63. The molecule has 0 aliphatic heterocycles. The molecule has 11 nitrogen and oxygen atoms in total. The van der Waals surface area contributed by atoms with Gasteiger partial charge in [-0.3, -0.25) is 25.0 Å². The molecule has 0 radical (unpaired) electrons. The molecule has 0 fully saturated rings. The van der Waals surface area contributed by atoms with E-state index in [-0.39, 0.29) is 34.4 Å². The number of carbonyl (C=O) groups excluding carboxylic acids is 1. The van der Waals surface area contributed by atoms with Crippen molar-refractivity contribution in [3.8, 4) is 11.3 Å². The van der Waals surface area contributed by atoms with E-state index in [9.17, 15) is 25.0 Å². The Morgan fingerprint density at radius 1 is 1.07 bits per heavy atom. The van der Waals surface area contributed by atoms with Crippen LogP contribution in [0.5, 0.6) is 0 Å². The molecule has 1 amide bonds. The second-order valence-corrected chi connectivity index (χ2v) is 5.62. The van der Waals surface area contributed by atoms with E-state index in [1.807, 2.05) is 0 Å². The van der Waals surface area contributed by atoms with Gasteiger partial charge in [0.2, 0.25) is 5.95 Å². The summed E-state index contributed by atoms with van der Waals surface area (Å²) >= 11 is 0. The van der Waals surface area contributed by atoms with Crippen LogP contribution in [0.15, 0.2) is 18.2 Å². The van der Waals surface area contributed by atoms with Crippen LogP contribution in [0.4, 0.5) is 17.3 Å². The standard InChI is InChI=1S/C16H18N6O5/c1-4-20(5-2)15(23)13-9(3)18-16(17)19-14(13)10-6-11(21(24)25)8-12(7-10)22(26)27/h6-8H,4-5H2,1-3H3,(H2,17,18,19). The van der Waals surface area contributed by atoms with Gasteiger partial charge < -0.3 is 10.6 Å². The number of nitro groups is 2. The lowest BCUT2D eigenvalue weighted by atomic mass is 10.0. The van der Waals surface area contributed by atoms with E-state index < -0.39 is 21.2 Å². The van der Waals surface area contributed by atoms with E-state index in [1.54, 1.807) is 20.8 Å². The second-order valence-electron chi connectivity index (χ2n) is 5.62. The minimum absolute atomic E-state index is 0.0173. The molecule has 0 bridgehead atoms. The first-order valence-corrected chi connectivity index (χ1v) is 8.07. The van der Waals surface area contributed by atoms with Crippen molar-refractivity contribution in [3.63, 3.8) is 0 Å². The number of non-ortho nitro benzene ring substituents is 2. The molecule has 0 spiro atoms. The molecule has 0 unspecified atom stereocenters. The van der Waals surface area contributed by atoms with Crippen LogP contribution >= 0.6 is 0 Å². The monoisotopic (exact) mass is 374 g/mol. The fraction of sp³-hybridized carbons (Fsp3) is 0.312. The summed E-state index contributed by atoms with van der Waals surface area (Å²) < 4.78 is 0. The molecule has 0 atom stereocenters. The minimum Gasteiger partial charge on any atom is -0.368 e. The Balaban J connectivity index is 2.80. The zero-order chi connectivity index (χ0) is 20.3. The fourth-order valence-electron chi connectivity index (χ4n) is 2.67. The minimum atomic E-state index is -0.750.